The minimum atomic E-state index is -3.85. The summed E-state index contributed by atoms with van der Waals surface area (Å²) >= 11 is 0. The Bertz CT molecular complexity index is 1030. The second-order valence-electron chi connectivity index (χ2n) is 7.23. The summed E-state index contributed by atoms with van der Waals surface area (Å²) in [5.41, 5.74) is 2.37. The van der Waals surface area contributed by atoms with Crippen LogP contribution < -0.4 is 10.2 Å². The molecule has 2 aromatic rings. The number of aryl methyl sites for hydroxylation is 2. The molecule has 0 spiro atoms. The molecule has 2 aliphatic rings. The summed E-state index contributed by atoms with van der Waals surface area (Å²) in [4.78, 5) is 26.9. The Labute approximate surface area is 164 Å². The molecule has 146 valence electrons. The van der Waals surface area contributed by atoms with Crippen molar-refractivity contribution in [2.75, 3.05) is 11.4 Å². The SMILES string of the molecule is Cc1ccc(N2C(=O)N[C@@H]3CCN(S(=O)(=O)c4ccc(C)cc4)[C@@H]3C2=O)cc1. The van der Waals surface area contributed by atoms with Crippen LogP contribution in [0.5, 0.6) is 0 Å². The van der Waals surface area contributed by atoms with Crippen molar-refractivity contribution in [3.8, 4) is 0 Å². The molecule has 0 saturated carbocycles. The monoisotopic (exact) mass is 399 g/mol. The molecule has 2 fully saturated rings. The smallest absolute Gasteiger partial charge is 0.329 e. The van der Waals surface area contributed by atoms with E-state index in [9.17, 15) is 18.0 Å². The predicted molar refractivity (Wildman–Crippen MR) is 104 cm³/mol. The molecule has 0 aromatic heterocycles. The van der Waals surface area contributed by atoms with E-state index in [1.165, 1.54) is 4.31 Å². The zero-order chi connectivity index (χ0) is 20.1. The molecule has 28 heavy (non-hydrogen) atoms. The van der Waals surface area contributed by atoms with Crippen molar-refractivity contribution in [2.45, 2.75) is 37.2 Å². The highest BCUT2D eigenvalue weighted by molar-refractivity contribution is 7.89. The van der Waals surface area contributed by atoms with Crippen LogP contribution in [0.25, 0.3) is 0 Å². The van der Waals surface area contributed by atoms with Crippen LogP contribution in [0, 0.1) is 13.8 Å². The molecule has 3 amide bonds. The van der Waals surface area contributed by atoms with Crippen LogP contribution in [0.2, 0.25) is 0 Å². The Balaban J connectivity index is 1.70. The Morgan fingerprint density at radius 2 is 1.50 bits per heavy atom. The lowest BCUT2D eigenvalue weighted by molar-refractivity contribution is -0.122. The van der Waals surface area contributed by atoms with Gasteiger partial charge < -0.3 is 5.32 Å². The topological polar surface area (TPSA) is 86.8 Å². The molecule has 0 bridgehead atoms. The van der Waals surface area contributed by atoms with Gasteiger partial charge in [0.25, 0.3) is 5.91 Å². The van der Waals surface area contributed by atoms with E-state index in [-0.39, 0.29) is 11.4 Å². The number of nitrogens with one attached hydrogen (secondary N) is 1. The van der Waals surface area contributed by atoms with E-state index in [0.29, 0.717) is 12.1 Å². The fraction of sp³-hybridized carbons (Fsp3) is 0.300. The Morgan fingerprint density at radius 3 is 2.11 bits per heavy atom. The van der Waals surface area contributed by atoms with E-state index in [2.05, 4.69) is 5.32 Å². The van der Waals surface area contributed by atoms with Gasteiger partial charge in [-0.05, 0) is 44.5 Å². The van der Waals surface area contributed by atoms with E-state index < -0.39 is 34.0 Å². The quantitative estimate of drug-likeness (QED) is 0.857. The second kappa shape index (κ2) is 6.72. The van der Waals surface area contributed by atoms with Gasteiger partial charge in [0.15, 0.2) is 0 Å². The maximum atomic E-state index is 13.2. The molecule has 2 aliphatic heterocycles. The molecular formula is C20H21N3O4S. The number of urea groups is 1. The lowest BCUT2D eigenvalue weighted by atomic mass is 10.1. The fourth-order valence-electron chi connectivity index (χ4n) is 3.72. The lowest BCUT2D eigenvalue weighted by Gasteiger charge is -2.36. The van der Waals surface area contributed by atoms with E-state index in [4.69, 9.17) is 0 Å². The number of hydrogen-bond donors (Lipinski definition) is 1. The minimum absolute atomic E-state index is 0.144. The van der Waals surface area contributed by atoms with Crippen LogP contribution in [0.4, 0.5) is 10.5 Å². The van der Waals surface area contributed by atoms with Crippen molar-refractivity contribution in [1.82, 2.24) is 9.62 Å². The molecule has 2 aromatic carbocycles. The van der Waals surface area contributed by atoms with E-state index in [1.807, 2.05) is 13.8 Å². The molecule has 2 heterocycles. The number of amides is 3. The van der Waals surface area contributed by atoms with Gasteiger partial charge in [0.2, 0.25) is 10.0 Å². The highest BCUT2D eigenvalue weighted by Gasteiger charge is 2.52. The van der Waals surface area contributed by atoms with Crippen molar-refractivity contribution >= 4 is 27.6 Å². The lowest BCUT2D eigenvalue weighted by Crippen LogP contribution is -2.64. The molecule has 1 N–H and O–H groups in total. The number of fused-ring (bicyclic) bond motifs is 1. The molecule has 8 heteroatoms. The number of benzene rings is 2. The van der Waals surface area contributed by atoms with Crippen molar-refractivity contribution in [2.24, 2.45) is 0 Å². The molecule has 4 rings (SSSR count). The number of carbonyl (C=O) groups excluding carboxylic acids is 2. The first-order chi connectivity index (χ1) is 13.3. The normalized spacial score (nSPS) is 22.9. The largest absolute Gasteiger partial charge is 0.332 e. The predicted octanol–water partition coefficient (Wildman–Crippen LogP) is 2.19. The summed E-state index contributed by atoms with van der Waals surface area (Å²) in [5.74, 6) is -0.522. The molecule has 0 aliphatic carbocycles. The van der Waals surface area contributed by atoms with Crippen LogP contribution in [-0.2, 0) is 14.8 Å². The van der Waals surface area contributed by atoms with Gasteiger partial charge in [0.1, 0.15) is 6.04 Å². The van der Waals surface area contributed by atoms with Crippen LogP contribution >= 0.6 is 0 Å². The molecule has 7 nitrogen and oxygen atoms in total. The first kappa shape index (κ1) is 18.6. The number of anilines is 1. The van der Waals surface area contributed by atoms with Gasteiger partial charge in [-0.2, -0.15) is 4.31 Å². The Kier molecular flexibility index (Phi) is 4.47. The van der Waals surface area contributed by atoms with Gasteiger partial charge in [-0.25, -0.2) is 18.1 Å². The standard InChI is InChI=1S/C20H21N3O4S/c1-13-3-7-15(8-4-13)23-19(24)18-17(21-20(23)25)11-12-22(18)28(26,27)16-9-5-14(2)6-10-16/h3-10,17-18H,11-12H2,1-2H3,(H,21,25)/t17-,18+/m1/s1. The number of imide groups is 1. The van der Waals surface area contributed by atoms with Crippen molar-refractivity contribution in [3.63, 3.8) is 0 Å². The van der Waals surface area contributed by atoms with Crippen LogP contribution in [0.15, 0.2) is 53.4 Å². The second-order valence-corrected chi connectivity index (χ2v) is 9.12. The third-order valence-corrected chi connectivity index (χ3v) is 7.15. The number of hydrogen-bond acceptors (Lipinski definition) is 4. The van der Waals surface area contributed by atoms with Crippen LogP contribution in [-0.4, -0.2) is 43.3 Å². The van der Waals surface area contributed by atoms with E-state index in [1.54, 1.807) is 48.5 Å². The third kappa shape index (κ3) is 2.98. The first-order valence-electron chi connectivity index (χ1n) is 9.09. The summed E-state index contributed by atoms with van der Waals surface area (Å²) in [6, 6.07) is 11.5. The van der Waals surface area contributed by atoms with Gasteiger partial charge >= 0.3 is 6.03 Å². The maximum Gasteiger partial charge on any atom is 0.329 e. The maximum absolute atomic E-state index is 13.2. The van der Waals surface area contributed by atoms with Gasteiger partial charge in [0, 0.05) is 6.54 Å². The fourth-order valence-corrected chi connectivity index (χ4v) is 5.35. The Morgan fingerprint density at radius 1 is 0.929 bits per heavy atom. The number of nitrogens with zero attached hydrogens (tertiary/aromatic N) is 2. The molecule has 2 atom stereocenters. The summed E-state index contributed by atoms with van der Waals surface area (Å²) in [5, 5.41) is 2.79. The first-order valence-corrected chi connectivity index (χ1v) is 10.5. The number of rotatable bonds is 3. The highest BCUT2D eigenvalue weighted by atomic mass is 32.2. The minimum Gasteiger partial charge on any atom is -0.332 e. The van der Waals surface area contributed by atoms with Crippen LogP contribution in [0.1, 0.15) is 17.5 Å². The van der Waals surface area contributed by atoms with Gasteiger partial charge in [-0.15, -0.1) is 0 Å². The number of sulfonamides is 1. The molecule has 0 radical (unpaired) electrons. The van der Waals surface area contributed by atoms with Crippen molar-refractivity contribution in [1.29, 1.82) is 0 Å². The summed E-state index contributed by atoms with van der Waals surface area (Å²) in [6.45, 7) is 3.96. The van der Waals surface area contributed by atoms with Crippen LogP contribution in [0.3, 0.4) is 0 Å². The summed E-state index contributed by atoms with van der Waals surface area (Å²) < 4.78 is 27.5. The van der Waals surface area contributed by atoms with E-state index in [0.717, 1.165) is 16.0 Å². The highest BCUT2D eigenvalue weighted by Crippen LogP contribution is 2.32. The Hall–Kier alpha value is -2.71. The molecule has 2 saturated heterocycles. The van der Waals surface area contributed by atoms with E-state index >= 15 is 0 Å². The molecule has 0 unspecified atom stereocenters. The molecular weight excluding hydrogens is 378 g/mol. The summed E-state index contributed by atoms with van der Waals surface area (Å²) in [7, 11) is -3.85. The zero-order valence-electron chi connectivity index (χ0n) is 15.6. The zero-order valence-corrected chi connectivity index (χ0v) is 16.4. The van der Waals surface area contributed by atoms with Gasteiger partial charge in [0.05, 0.1) is 16.6 Å². The average molecular weight is 399 g/mol. The van der Waals surface area contributed by atoms with Crippen molar-refractivity contribution < 1.29 is 18.0 Å². The van der Waals surface area contributed by atoms with Gasteiger partial charge in [-0.3, -0.25) is 4.79 Å². The average Bonchev–Trinajstić information content (AvgIpc) is 3.08. The van der Waals surface area contributed by atoms with Crippen molar-refractivity contribution in [3.05, 3.63) is 59.7 Å². The summed E-state index contributed by atoms with van der Waals surface area (Å²) in [6.07, 6.45) is 0.398. The number of carbonyl (C=O) groups is 2. The third-order valence-electron chi connectivity index (χ3n) is 5.26. The van der Waals surface area contributed by atoms with Gasteiger partial charge in [-0.1, -0.05) is 35.4 Å².